The van der Waals surface area contributed by atoms with Gasteiger partial charge in [0, 0.05) is 11.8 Å². The molecule has 0 spiro atoms. The van der Waals surface area contributed by atoms with Crippen LogP contribution in [0, 0.1) is 6.92 Å². The van der Waals surface area contributed by atoms with Crippen molar-refractivity contribution in [2.75, 3.05) is 11.1 Å². The van der Waals surface area contributed by atoms with Crippen LogP contribution in [0.2, 0.25) is 0 Å². The van der Waals surface area contributed by atoms with E-state index in [-0.39, 0.29) is 17.5 Å². The number of para-hydroxylation sites is 2. The number of hydrogen-bond acceptors (Lipinski definition) is 6. The number of halogens is 3. The van der Waals surface area contributed by atoms with E-state index in [0.29, 0.717) is 11.5 Å². The summed E-state index contributed by atoms with van der Waals surface area (Å²) >= 11 is 0. The molecule has 4 rings (SSSR count). The van der Waals surface area contributed by atoms with Gasteiger partial charge in [-0.3, -0.25) is 4.57 Å². The highest BCUT2D eigenvalue weighted by Crippen LogP contribution is 2.26. The van der Waals surface area contributed by atoms with E-state index < -0.39 is 6.36 Å². The number of nitrogens with one attached hydrogen (secondary N) is 1. The molecule has 0 fully saturated rings. The fourth-order valence-electron chi connectivity index (χ4n) is 2.93. The Morgan fingerprint density at radius 1 is 1.00 bits per heavy atom. The van der Waals surface area contributed by atoms with Crippen molar-refractivity contribution in [3.63, 3.8) is 0 Å². The zero-order valence-corrected chi connectivity index (χ0v) is 15.1. The van der Waals surface area contributed by atoms with Crippen molar-refractivity contribution in [2.45, 2.75) is 13.3 Å². The topological polar surface area (TPSA) is 90.9 Å². The molecule has 148 valence electrons. The van der Waals surface area contributed by atoms with Gasteiger partial charge in [-0.05, 0) is 43.3 Å². The Labute approximate surface area is 163 Å². The molecule has 0 saturated heterocycles. The molecule has 0 amide bonds. The second-order valence-corrected chi connectivity index (χ2v) is 6.15. The Balaban J connectivity index is 1.65. The minimum absolute atomic E-state index is 0.196. The van der Waals surface area contributed by atoms with Gasteiger partial charge < -0.3 is 15.8 Å². The van der Waals surface area contributed by atoms with Gasteiger partial charge in [0.1, 0.15) is 23.2 Å². The fourth-order valence-corrected chi connectivity index (χ4v) is 2.93. The Hall–Kier alpha value is -3.82. The third-order valence-corrected chi connectivity index (χ3v) is 4.03. The van der Waals surface area contributed by atoms with Gasteiger partial charge in [0.15, 0.2) is 0 Å². The van der Waals surface area contributed by atoms with Crippen LogP contribution in [0.1, 0.15) is 5.82 Å². The monoisotopic (exact) mass is 400 g/mol. The number of fused-ring (bicyclic) bond motifs is 1. The number of aromatic nitrogens is 4. The Kier molecular flexibility index (Phi) is 4.45. The van der Waals surface area contributed by atoms with E-state index >= 15 is 0 Å². The first kappa shape index (κ1) is 18.5. The van der Waals surface area contributed by atoms with E-state index in [0.717, 1.165) is 16.9 Å². The Bertz CT molecular complexity index is 1170. The van der Waals surface area contributed by atoms with Crippen molar-refractivity contribution < 1.29 is 17.9 Å². The molecule has 2 aromatic carbocycles. The number of hydrogen-bond donors (Lipinski definition) is 2. The van der Waals surface area contributed by atoms with Gasteiger partial charge in [-0.15, -0.1) is 13.2 Å². The SMILES string of the molecule is Cc1nc2ccccc2n1-c1cc(N)nc(Nc2ccc(OC(F)(F)F)cc2)n1. The Morgan fingerprint density at radius 3 is 2.45 bits per heavy atom. The van der Waals surface area contributed by atoms with Crippen molar-refractivity contribution in [3.05, 3.63) is 60.4 Å². The molecule has 4 aromatic rings. The molecule has 0 bridgehead atoms. The molecular formula is C19H15F3N6O. The predicted molar refractivity (Wildman–Crippen MR) is 102 cm³/mol. The maximum Gasteiger partial charge on any atom is 0.573 e. The van der Waals surface area contributed by atoms with Crippen molar-refractivity contribution in [2.24, 2.45) is 0 Å². The van der Waals surface area contributed by atoms with Crippen LogP contribution in [0.4, 0.5) is 30.6 Å². The average molecular weight is 400 g/mol. The number of alkyl halides is 3. The molecule has 2 heterocycles. The number of nitrogens with two attached hydrogens (primary N) is 1. The van der Waals surface area contributed by atoms with Crippen LogP contribution in [0.5, 0.6) is 5.75 Å². The number of aryl methyl sites for hydroxylation is 1. The van der Waals surface area contributed by atoms with Crippen molar-refractivity contribution in [1.29, 1.82) is 0 Å². The zero-order chi connectivity index (χ0) is 20.6. The minimum atomic E-state index is -4.74. The van der Waals surface area contributed by atoms with Crippen LogP contribution >= 0.6 is 0 Å². The van der Waals surface area contributed by atoms with E-state index in [4.69, 9.17) is 5.73 Å². The van der Waals surface area contributed by atoms with E-state index in [9.17, 15) is 13.2 Å². The second-order valence-electron chi connectivity index (χ2n) is 6.15. The lowest BCUT2D eigenvalue weighted by atomic mass is 10.3. The van der Waals surface area contributed by atoms with Crippen LogP contribution in [0.3, 0.4) is 0 Å². The molecule has 0 aliphatic heterocycles. The molecule has 0 aliphatic carbocycles. The fraction of sp³-hybridized carbons (Fsp3) is 0.105. The normalized spacial score (nSPS) is 11.6. The standard InChI is InChI=1S/C19H15F3N6O/c1-11-24-14-4-2-3-5-15(14)28(11)17-10-16(23)26-18(27-17)25-12-6-8-13(9-7-12)29-19(20,21)22/h2-10H,1H3,(H3,23,25,26,27). The lowest BCUT2D eigenvalue weighted by Gasteiger charge is -2.12. The summed E-state index contributed by atoms with van der Waals surface area (Å²) in [6, 6.07) is 14.4. The molecule has 7 nitrogen and oxygen atoms in total. The molecular weight excluding hydrogens is 385 g/mol. The van der Waals surface area contributed by atoms with Gasteiger partial charge in [0.25, 0.3) is 0 Å². The number of nitrogens with zero attached hydrogens (tertiary/aromatic N) is 4. The van der Waals surface area contributed by atoms with Gasteiger partial charge in [0.2, 0.25) is 5.95 Å². The third kappa shape index (κ3) is 4.05. The van der Waals surface area contributed by atoms with Crippen LogP contribution < -0.4 is 15.8 Å². The smallest absolute Gasteiger partial charge is 0.406 e. The Morgan fingerprint density at radius 2 is 1.72 bits per heavy atom. The number of nitrogen functional groups attached to an aromatic ring is 1. The average Bonchev–Trinajstić information content (AvgIpc) is 2.97. The highest BCUT2D eigenvalue weighted by Gasteiger charge is 2.30. The van der Waals surface area contributed by atoms with Crippen LogP contribution in [0.25, 0.3) is 16.9 Å². The number of ether oxygens (including phenoxy) is 1. The number of benzene rings is 2. The van der Waals surface area contributed by atoms with Crippen LogP contribution in [-0.4, -0.2) is 25.9 Å². The molecule has 3 N–H and O–H groups in total. The van der Waals surface area contributed by atoms with Crippen LogP contribution in [0.15, 0.2) is 54.6 Å². The predicted octanol–water partition coefficient (Wildman–Crippen LogP) is 4.35. The second kappa shape index (κ2) is 6.97. The molecule has 0 aliphatic rings. The molecule has 0 unspecified atom stereocenters. The minimum Gasteiger partial charge on any atom is -0.406 e. The maximum absolute atomic E-state index is 12.3. The van der Waals surface area contributed by atoms with Crippen molar-refractivity contribution in [1.82, 2.24) is 19.5 Å². The highest BCUT2D eigenvalue weighted by molar-refractivity contribution is 5.78. The van der Waals surface area contributed by atoms with Gasteiger partial charge in [-0.25, -0.2) is 4.98 Å². The lowest BCUT2D eigenvalue weighted by Crippen LogP contribution is -2.17. The number of imidazole rings is 1. The first-order chi connectivity index (χ1) is 13.8. The molecule has 29 heavy (non-hydrogen) atoms. The summed E-state index contributed by atoms with van der Waals surface area (Å²) in [6.07, 6.45) is -4.74. The summed E-state index contributed by atoms with van der Waals surface area (Å²) in [5.74, 6) is 1.35. The van der Waals surface area contributed by atoms with Crippen molar-refractivity contribution >= 4 is 28.5 Å². The zero-order valence-electron chi connectivity index (χ0n) is 15.1. The first-order valence-corrected chi connectivity index (χ1v) is 8.50. The van der Waals surface area contributed by atoms with Gasteiger partial charge >= 0.3 is 6.36 Å². The molecule has 2 aromatic heterocycles. The highest BCUT2D eigenvalue weighted by atomic mass is 19.4. The third-order valence-electron chi connectivity index (χ3n) is 4.03. The first-order valence-electron chi connectivity index (χ1n) is 8.50. The summed E-state index contributed by atoms with van der Waals surface area (Å²) < 4.78 is 42.5. The molecule has 0 atom stereocenters. The molecule has 0 saturated carbocycles. The summed E-state index contributed by atoms with van der Waals surface area (Å²) in [7, 11) is 0. The van der Waals surface area contributed by atoms with E-state index in [1.54, 1.807) is 6.07 Å². The van der Waals surface area contributed by atoms with Gasteiger partial charge in [0.05, 0.1) is 11.0 Å². The number of anilines is 3. The largest absolute Gasteiger partial charge is 0.573 e. The van der Waals surface area contributed by atoms with Crippen LogP contribution in [-0.2, 0) is 0 Å². The summed E-state index contributed by atoms with van der Waals surface area (Å²) in [6.45, 7) is 1.85. The van der Waals surface area contributed by atoms with E-state index in [1.807, 2.05) is 35.8 Å². The summed E-state index contributed by atoms with van der Waals surface area (Å²) in [5, 5.41) is 2.93. The summed E-state index contributed by atoms with van der Waals surface area (Å²) in [4.78, 5) is 13.1. The van der Waals surface area contributed by atoms with Gasteiger partial charge in [-0.1, -0.05) is 12.1 Å². The van der Waals surface area contributed by atoms with E-state index in [1.165, 1.54) is 24.3 Å². The van der Waals surface area contributed by atoms with Gasteiger partial charge in [-0.2, -0.15) is 9.97 Å². The lowest BCUT2D eigenvalue weighted by molar-refractivity contribution is -0.274. The van der Waals surface area contributed by atoms with Crippen molar-refractivity contribution in [3.8, 4) is 11.6 Å². The summed E-state index contributed by atoms with van der Waals surface area (Å²) in [5.41, 5.74) is 8.09. The van der Waals surface area contributed by atoms with E-state index in [2.05, 4.69) is 25.0 Å². The maximum atomic E-state index is 12.3. The number of rotatable bonds is 4. The molecule has 0 radical (unpaired) electrons. The molecule has 10 heteroatoms. The quantitative estimate of drug-likeness (QED) is 0.529.